The Morgan fingerprint density at radius 3 is 2.50 bits per heavy atom. The van der Waals surface area contributed by atoms with Crippen LogP contribution in [0.3, 0.4) is 0 Å². The number of amides is 1. The summed E-state index contributed by atoms with van der Waals surface area (Å²) in [6.07, 6.45) is 0.866. The van der Waals surface area contributed by atoms with Gasteiger partial charge in [-0.2, -0.15) is 0 Å². The highest BCUT2D eigenvalue weighted by Crippen LogP contribution is 2.15. The maximum absolute atomic E-state index is 11.9. The second kappa shape index (κ2) is 7.24. The molecule has 0 fully saturated rings. The Morgan fingerprint density at radius 2 is 1.95 bits per heavy atom. The number of hydrogen-bond donors (Lipinski definition) is 2. The Bertz CT molecular complexity index is 459. The molecular weight excluding hydrogens is 270 g/mol. The number of thiocarbonyl (C=S) groups is 1. The van der Waals surface area contributed by atoms with Crippen LogP contribution in [0.1, 0.15) is 20.3 Å². The van der Waals surface area contributed by atoms with Gasteiger partial charge in [0.25, 0.3) is 0 Å². The van der Waals surface area contributed by atoms with Crippen LogP contribution in [0.25, 0.3) is 0 Å². The highest BCUT2D eigenvalue weighted by molar-refractivity contribution is 7.80. The minimum absolute atomic E-state index is 0.118. The molecule has 0 aliphatic heterocycles. The topological polar surface area (TPSA) is 58.4 Å². The third kappa shape index (κ3) is 4.49. The first-order chi connectivity index (χ1) is 9.35. The minimum Gasteiger partial charge on any atom is -0.392 e. The van der Waals surface area contributed by atoms with Gasteiger partial charge < -0.3 is 16.0 Å². The minimum atomic E-state index is -0.791. The zero-order chi connectivity index (χ0) is 15.2. The van der Waals surface area contributed by atoms with Crippen LogP contribution >= 0.6 is 12.2 Å². The second-order valence-electron chi connectivity index (χ2n) is 5.36. The number of anilines is 1. The van der Waals surface area contributed by atoms with E-state index in [-0.39, 0.29) is 10.9 Å². The predicted octanol–water partition coefficient (Wildman–Crippen LogP) is 1.94. The van der Waals surface area contributed by atoms with Crippen molar-refractivity contribution in [2.24, 2.45) is 11.1 Å². The van der Waals surface area contributed by atoms with Crippen LogP contribution < -0.4 is 16.0 Å². The Labute approximate surface area is 126 Å². The molecule has 5 heteroatoms. The summed E-state index contributed by atoms with van der Waals surface area (Å²) in [5.74, 6) is -0.118. The van der Waals surface area contributed by atoms with Gasteiger partial charge in [-0.25, -0.2) is 0 Å². The van der Waals surface area contributed by atoms with Crippen LogP contribution in [0.2, 0.25) is 0 Å². The van der Waals surface area contributed by atoms with Gasteiger partial charge in [0, 0.05) is 25.8 Å². The van der Waals surface area contributed by atoms with Crippen molar-refractivity contribution in [3.8, 4) is 0 Å². The van der Waals surface area contributed by atoms with Crippen LogP contribution in [-0.2, 0) is 4.79 Å². The lowest BCUT2D eigenvalue weighted by molar-refractivity contribution is -0.126. The number of para-hydroxylation sites is 1. The van der Waals surface area contributed by atoms with E-state index >= 15 is 0 Å². The highest BCUT2D eigenvalue weighted by atomic mass is 32.1. The molecule has 3 N–H and O–H groups in total. The van der Waals surface area contributed by atoms with Crippen molar-refractivity contribution in [3.05, 3.63) is 30.3 Å². The molecule has 0 unspecified atom stereocenters. The summed E-state index contributed by atoms with van der Waals surface area (Å²) >= 11 is 4.90. The first-order valence-electron chi connectivity index (χ1n) is 6.70. The second-order valence-corrected chi connectivity index (χ2v) is 5.80. The van der Waals surface area contributed by atoms with Gasteiger partial charge in [0.05, 0.1) is 10.4 Å². The summed E-state index contributed by atoms with van der Waals surface area (Å²) < 4.78 is 0. The van der Waals surface area contributed by atoms with Gasteiger partial charge >= 0.3 is 0 Å². The molecule has 0 aliphatic carbocycles. The van der Waals surface area contributed by atoms with Crippen molar-refractivity contribution in [1.82, 2.24) is 5.32 Å². The maximum atomic E-state index is 11.9. The smallest absolute Gasteiger partial charge is 0.232 e. The molecule has 0 aliphatic rings. The Kier molecular flexibility index (Phi) is 5.95. The van der Waals surface area contributed by atoms with Gasteiger partial charge in [-0.1, -0.05) is 30.4 Å². The average Bonchev–Trinajstić information content (AvgIpc) is 2.43. The number of rotatable bonds is 7. The molecule has 1 rings (SSSR count). The van der Waals surface area contributed by atoms with Crippen molar-refractivity contribution < 1.29 is 4.79 Å². The van der Waals surface area contributed by atoms with E-state index in [0.29, 0.717) is 6.54 Å². The van der Waals surface area contributed by atoms with Gasteiger partial charge in [0.15, 0.2) is 0 Å². The fourth-order valence-electron chi connectivity index (χ4n) is 1.66. The average molecular weight is 293 g/mol. The van der Waals surface area contributed by atoms with Crippen molar-refractivity contribution in [3.63, 3.8) is 0 Å². The van der Waals surface area contributed by atoms with Crippen LogP contribution in [0.5, 0.6) is 0 Å². The molecule has 1 aromatic carbocycles. The number of carbonyl (C=O) groups excluding carboxylic acids is 1. The molecule has 1 aromatic rings. The van der Waals surface area contributed by atoms with Gasteiger partial charge in [-0.3, -0.25) is 4.79 Å². The Balaban J connectivity index is 2.32. The van der Waals surface area contributed by atoms with Crippen LogP contribution in [-0.4, -0.2) is 31.0 Å². The maximum Gasteiger partial charge on any atom is 0.232 e. The predicted molar refractivity (Wildman–Crippen MR) is 87.9 cm³/mol. The molecule has 0 saturated heterocycles. The SMILES string of the molecule is CN(CCCNC(=O)C(C)(C)C(N)=S)c1ccccc1. The molecule has 4 nitrogen and oxygen atoms in total. The number of nitrogens with one attached hydrogen (secondary N) is 1. The number of hydrogen-bond acceptors (Lipinski definition) is 3. The number of nitrogens with two attached hydrogens (primary N) is 1. The van der Waals surface area contributed by atoms with E-state index < -0.39 is 5.41 Å². The van der Waals surface area contributed by atoms with Crippen molar-refractivity contribution in [2.45, 2.75) is 20.3 Å². The third-order valence-corrected chi connectivity index (χ3v) is 3.85. The lowest BCUT2D eigenvalue weighted by Crippen LogP contribution is -2.45. The lowest BCUT2D eigenvalue weighted by atomic mass is 9.92. The summed E-state index contributed by atoms with van der Waals surface area (Å²) in [4.78, 5) is 14.3. The third-order valence-electron chi connectivity index (χ3n) is 3.34. The van der Waals surface area contributed by atoms with E-state index in [9.17, 15) is 4.79 Å². The molecule has 110 valence electrons. The van der Waals surface area contributed by atoms with Crippen LogP contribution in [0.15, 0.2) is 30.3 Å². The highest BCUT2D eigenvalue weighted by Gasteiger charge is 2.30. The monoisotopic (exact) mass is 293 g/mol. The van der Waals surface area contributed by atoms with E-state index in [1.54, 1.807) is 13.8 Å². The summed E-state index contributed by atoms with van der Waals surface area (Å²) in [5, 5.41) is 2.88. The molecule has 0 radical (unpaired) electrons. The number of benzene rings is 1. The summed E-state index contributed by atoms with van der Waals surface area (Å²) in [6.45, 7) is 4.96. The lowest BCUT2D eigenvalue weighted by Gasteiger charge is -2.23. The van der Waals surface area contributed by atoms with Crippen molar-refractivity contribution in [2.75, 3.05) is 25.0 Å². The number of nitrogens with zero attached hydrogens (tertiary/aromatic N) is 1. The fraction of sp³-hybridized carbons (Fsp3) is 0.467. The zero-order valence-electron chi connectivity index (χ0n) is 12.3. The zero-order valence-corrected chi connectivity index (χ0v) is 13.2. The molecule has 0 heterocycles. The van der Waals surface area contributed by atoms with Crippen molar-refractivity contribution in [1.29, 1.82) is 0 Å². The Hall–Kier alpha value is -1.62. The standard InChI is InChI=1S/C15H23N3OS/c1-15(2,13(16)20)14(19)17-10-7-11-18(3)12-8-5-4-6-9-12/h4-6,8-9H,7,10-11H2,1-3H3,(H2,16,20)(H,17,19). The molecule has 0 aromatic heterocycles. The largest absolute Gasteiger partial charge is 0.392 e. The van der Waals surface area contributed by atoms with Gasteiger partial charge in [-0.15, -0.1) is 0 Å². The van der Waals surface area contributed by atoms with Crippen LogP contribution in [0, 0.1) is 5.41 Å². The van der Waals surface area contributed by atoms with Gasteiger partial charge in [-0.05, 0) is 32.4 Å². The number of carbonyl (C=O) groups is 1. The molecule has 20 heavy (non-hydrogen) atoms. The van der Waals surface area contributed by atoms with E-state index in [0.717, 1.165) is 13.0 Å². The van der Waals surface area contributed by atoms with Crippen molar-refractivity contribution >= 4 is 28.8 Å². The van der Waals surface area contributed by atoms with Gasteiger partial charge in [0.2, 0.25) is 5.91 Å². The normalized spacial score (nSPS) is 10.9. The molecular formula is C15H23N3OS. The fourth-order valence-corrected chi connectivity index (χ4v) is 1.76. The van der Waals surface area contributed by atoms with E-state index in [1.165, 1.54) is 5.69 Å². The quantitative estimate of drug-likeness (QED) is 0.596. The summed E-state index contributed by atoms with van der Waals surface area (Å²) in [5.41, 5.74) is 5.94. The van der Waals surface area contributed by atoms with Gasteiger partial charge in [0.1, 0.15) is 0 Å². The Morgan fingerprint density at radius 1 is 1.35 bits per heavy atom. The molecule has 0 spiro atoms. The molecule has 0 saturated carbocycles. The van der Waals surface area contributed by atoms with E-state index in [1.807, 2.05) is 25.2 Å². The molecule has 0 atom stereocenters. The first-order valence-corrected chi connectivity index (χ1v) is 7.11. The van der Waals surface area contributed by atoms with E-state index in [4.69, 9.17) is 18.0 Å². The summed E-state index contributed by atoms with van der Waals surface area (Å²) in [6, 6.07) is 10.1. The first kappa shape index (κ1) is 16.4. The summed E-state index contributed by atoms with van der Waals surface area (Å²) in [7, 11) is 2.04. The van der Waals surface area contributed by atoms with E-state index in [2.05, 4.69) is 22.3 Å². The molecule has 1 amide bonds. The molecule has 0 bridgehead atoms. The van der Waals surface area contributed by atoms with Crippen LogP contribution in [0.4, 0.5) is 5.69 Å².